The Morgan fingerprint density at radius 3 is 2.50 bits per heavy atom. The van der Waals surface area contributed by atoms with Crippen molar-refractivity contribution in [3.05, 3.63) is 107 Å². The Labute approximate surface area is 217 Å². The maximum Gasteiger partial charge on any atom is 0.339 e. The molecule has 0 radical (unpaired) electrons. The number of nitrogens with one attached hydrogen (secondary N) is 1. The lowest BCUT2D eigenvalue weighted by Gasteiger charge is -2.34. The third-order valence-corrected chi connectivity index (χ3v) is 6.88. The summed E-state index contributed by atoms with van der Waals surface area (Å²) in [6.07, 6.45) is 0.636. The minimum Gasteiger partial charge on any atom is -0.496 e. The number of carboxylic acid groups (broad SMARTS) is 1. The number of carboxylic acids is 1. The molecule has 4 aromatic rings. The van der Waals surface area contributed by atoms with Gasteiger partial charge in [-0.05, 0) is 41.8 Å². The molecule has 0 saturated carbocycles. The van der Waals surface area contributed by atoms with Gasteiger partial charge in [0.05, 0.1) is 7.11 Å². The highest BCUT2D eigenvalue weighted by molar-refractivity contribution is 5.91. The lowest BCUT2D eigenvalue weighted by Crippen LogP contribution is -2.37. The number of fused-ring (bicyclic) bond motifs is 2. The largest absolute Gasteiger partial charge is 0.496 e. The van der Waals surface area contributed by atoms with Gasteiger partial charge in [0.1, 0.15) is 23.2 Å². The molecule has 4 aromatic carbocycles. The number of ether oxygens (including phenoxy) is 2. The zero-order valence-corrected chi connectivity index (χ0v) is 21.1. The molecule has 36 heavy (non-hydrogen) atoms. The SMILES string of the molecule is COc1c(C(=O)O)cccc1[C@@H]1C[C@H](CN[C@H](C)c2cccc3ccccc23)Oc2ccccc21.Cl. The number of rotatable bonds is 7. The Bertz CT molecular complexity index is 1370. The second kappa shape index (κ2) is 11.0. The molecular weight excluding hydrogens is 474 g/mol. The van der Waals surface area contributed by atoms with Crippen molar-refractivity contribution >= 4 is 29.1 Å². The third kappa shape index (κ3) is 4.90. The number of benzene rings is 4. The second-order valence-electron chi connectivity index (χ2n) is 9.00. The number of carbonyl (C=O) groups is 1. The fraction of sp³-hybridized carbons (Fsp3) is 0.233. The fourth-order valence-electron chi connectivity index (χ4n) is 5.18. The normalized spacial score (nSPS) is 17.4. The summed E-state index contributed by atoms with van der Waals surface area (Å²) in [6, 6.07) is 28.3. The van der Waals surface area contributed by atoms with E-state index < -0.39 is 5.97 Å². The number of para-hydroxylation sites is 2. The van der Waals surface area contributed by atoms with Crippen LogP contribution in [0.15, 0.2) is 84.9 Å². The molecular formula is C30H30ClNO4. The number of hydrogen-bond donors (Lipinski definition) is 2. The molecule has 0 amide bonds. The molecule has 1 aliphatic rings. The first kappa shape index (κ1) is 25.5. The zero-order chi connectivity index (χ0) is 24.4. The lowest BCUT2D eigenvalue weighted by molar-refractivity contribution is 0.0693. The van der Waals surface area contributed by atoms with Crippen molar-refractivity contribution in [2.24, 2.45) is 0 Å². The molecule has 0 bridgehead atoms. The average Bonchev–Trinajstić information content (AvgIpc) is 2.90. The average molecular weight is 504 g/mol. The van der Waals surface area contributed by atoms with Crippen molar-refractivity contribution in [1.82, 2.24) is 5.32 Å². The highest BCUT2D eigenvalue weighted by Gasteiger charge is 2.32. The van der Waals surface area contributed by atoms with Crippen LogP contribution in [0.1, 0.15) is 52.4 Å². The topological polar surface area (TPSA) is 67.8 Å². The first-order valence-electron chi connectivity index (χ1n) is 11.9. The molecule has 0 fully saturated rings. The van der Waals surface area contributed by atoms with Gasteiger partial charge in [0.15, 0.2) is 0 Å². The molecule has 1 aliphatic heterocycles. The van der Waals surface area contributed by atoms with Crippen LogP contribution in [-0.2, 0) is 0 Å². The monoisotopic (exact) mass is 503 g/mol. The quantitative estimate of drug-likeness (QED) is 0.297. The summed E-state index contributed by atoms with van der Waals surface area (Å²) in [5.74, 6) is 0.216. The van der Waals surface area contributed by atoms with Crippen LogP contribution >= 0.6 is 12.4 Å². The number of aromatic carboxylic acids is 1. The van der Waals surface area contributed by atoms with Gasteiger partial charge in [0.2, 0.25) is 0 Å². The summed E-state index contributed by atoms with van der Waals surface area (Å²) in [5, 5.41) is 15.8. The molecule has 5 rings (SSSR count). The molecule has 5 nitrogen and oxygen atoms in total. The van der Waals surface area contributed by atoms with E-state index in [4.69, 9.17) is 9.47 Å². The van der Waals surface area contributed by atoms with Gasteiger partial charge in [-0.1, -0.05) is 72.8 Å². The standard InChI is InChI=1S/C30H29NO4.ClH/c1-19(22-13-7-10-20-9-3-4-11-23(20)22)31-18-21-17-27(24-12-5-6-16-28(24)35-21)25-14-8-15-26(30(32)33)29(25)34-2;/h3-16,19,21,27,31H,17-18H2,1-2H3,(H,32,33);1H/t19-,21-,27-;/m1./s1. The Balaban J connectivity index is 0.00000304. The summed E-state index contributed by atoms with van der Waals surface area (Å²) < 4.78 is 12.0. The predicted octanol–water partition coefficient (Wildman–Crippen LogP) is 6.60. The van der Waals surface area contributed by atoms with Gasteiger partial charge in [-0.2, -0.15) is 0 Å². The van der Waals surface area contributed by atoms with Gasteiger partial charge in [0.25, 0.3) is 0 Å². The van der Waals surface area contributed by atoms with Crippen molar-refractivity contribution in [3.63, 3.8) is 0 Å². The van der Waals surface area contributed by atoms with Crippen LogP contribution in [0.5, 0.6) is 11.5 Å². The lowest BCUT2D eigenvalue weighted by atomic mass is 9.83. The van der Waals surface area contributed by atoms with Crippen LogP contribution < -0.4 is 14.8 Å². The minimum atomic E-state index is -0.994. The molecule has 6 heteroatoms. The first-order valence-corrected chi connectivity index (χ1v) is 11.9. The smallest absolute Gasteiger partial charge is 0.339 e. The molecule has 186 valence electrons. The van der Waals surface area contributed by atoms with Crippen molar-refractivity contribution < 1.29 is 19.4 Å². The Kier molecular flexibility index (Phi) is 7.82. The van der Waals surface area contributed by atoms with Gasteiger partial charge in [-0.25, -0.2) is 4.79 Å². The van der Waals surface area contributed by atoms with Crippen molar-refractivity contribution in [3.8, 4) is 11.5 Å². The molecule has 0 saturated heterocycles. The van der Waals surface area contributed by atoms with E-state index in [1.54, 1.807) is 12.1 Å². The summed E-state index contributed by atoms with van der Waals surface area (Å²) in [7, 11) is 1.53. The zero-order valence-electron chi connectivity index (χ0n) is 20.3. The van der Waals surface area contributed by atoms with Crippen molar-refractivity contribution in [2.45, 2.75) is 31.4 Å². The van der Waals surface area contributed by atoms with E-state index in [2.05, 4.69) is 60.8 Å². The maximum atomic E-state index is 11.8. The van der Waals surface area contributed by atoms with E-state index >= 15 is 0 Å². The predicted molar refractivity (Wildman–Crippen MR) is 145 cm³/mol. The van der Waals surface area contributed by atoms with Crippen LogP contribution in [0.2, 0.25) is 0 Å². The number of methoxy groups -OCH3 is 1. The molecule has 0 unspecified atom stereocenters. The van der Waals surface area contributed by atoms with Crippen molar-refractivity contribution in [2.75, 3.05) is 13.7 Å². The summed E-state index contributed by atoms with van der Waals surface area (Å²) in [5.41, 5.74) is 3.35. The van der Waals surface area contributed by atoms with Crippen LogP contribution in [0.4, 0.5) is 0 Å². The van der Waals surface area contributed by atoms with E-state index in [0.29, 0.717) is 18.7 Å². The molecule has 2 N–H and O–H groups in total. The minimum absolute atomic E-state index is 0. The van der Waals surface area contributed by atoms with Crippen LogP contribution in [-0.4, -0.2) is 30.8 Å². The molecule has 0 spiro atoms. The van der Waals surface area contributed by atoms with Crippen LogP contribution in [0.25, 0.3) is 10.8 Å². The van der Waals surface area contributed by atoms with E-state index in [1.165, 1.54) is 23.4 Å². The highest BCUT2D eigenvalue weighted by Crippen LogP contribution is 2.44. The van der Waals surface area contributed by atoms with Gasteiger partial charge >= 0.3 is 5.97 Å². The molecule has 0 aliphatic carbocycles. The maximum absolute atomic E-state index is 11.8. The fourth-order valence-corrected chi connectivity index (χ4v) is 5.18. The van der Waals surface area contributed by atoms with Crippen LogP contribution in [0, 0.1) is 0 Å². The molecule has 1 heterocycles. The molecule has 3 atom stereocenters. The first-order chi connectivity index (χ1) is 17.1. The Morgan fingerprint density at radius 1 is 1.00 bits per heavy atom. The Hall–Kier alpha value is -3.54. The van der Waals surface area contributed by atoms with Crippen molar-refractivity contribution in [1.29, 1.82) is 0 Å². The van der Waals surface area contributed by atoms with Gasteiger partial charge in [0, 0.05) is 29.6 Å². The molecule has 0 aromatic heterocycles. The highest BCUT2D eigenvalue weighted by atomic mass is 35.5. The van der Waals surface area contributed by atoms with E-state index in [1.807, 2.05) is 24.3 Å². The van der Waals surface area contributed by atoms with Crippen LogP contribution in [0.3, 0.4) is 0 Å². The van der Waals surface area contributed by atoms with E-state index in [-0.39, 0.29) is 36.0 Å². The van der Waals surface area contributed by atoms with E-state index in [9.17, 15) is 9.90 Å². The Morgan fingerprint density at radius 2 is 1.69 bits per heavy atom. The van der Waals surface area contributed by atoms with Gasteiger partial charge in [-0.3, -0.25) is 0 Å². The van der Waals surface area contributed by atoms with Gasteiger partial charge < -0.3 is 19.9 Å². The summed E-state index contributed by atoms with van der Waals surface area (Å²) in [4.78, 5) is 11.8. The van der Waals surface area contributed by atoms with Gasteiger partial charge in [-0.15, -0.1) is 12.4 Å². The number of hydrogen-bond acceptors (Lipinski definition) is 4. The second-order valence-corrected chi connectivity index (χ2v) is 9.00. The van der Waals surface area contributed by atoms with E-state index in [0.717, 1.165) is 16.9 Å². The summed E-state index contributed by atoms with van der Waals surface area (Å²) in [6.45, 7) is 2.84. The summed E-state index contributed by atoms with van der Waals surface area (Å²) >= 11 is 0. The third-order valence-electron chi connectivity index (χ3n) is 6.88. The number of halogens is 1.